The number of hydrogen-bond donors (Lipinski definition) is 1. The van der Waals surface area contributed by atoms with Gasteiger partial charge in [0.05, 0.1) is 13.1 Å². The van der Waals surface area contributed by atoms with Gasteiger partial charge in [-0.1, -0.05) is 25.4 Å². The van der Waals surface area contributed by atoms with Gasteiger partial charge < -0.3 is 14.6 Å². The third-order valence-corrected chi connectivity index (χ3v) is 5.05. The fourth-order valence-electron chi connectivity index (χ4n) is 3.18. The maximum Gasteiger partial charge on any atom is 0.234 e. The first kappa shape index (κ1) is 20.4. The standard InChI is InChI=1S/C21H26ClN3O3/c1-15(2)21(27)25-11-9-24(10-12-25)14-20(26)23-13-18-7-8-19(28-18)16-3-5-17(22)6-4-16/h3-8,15H,9-14H2,1-2H3,(H,23,26). The number of carbonyl (C=O) groups excluding carboxylic acids is 2. The van der Waals surface area contributed by atoms with Crippen LogP contribution in [0.2, 0.25) is 5.02 Å². The third-order valence-electron chi connectivity index (χ3n) is 4.80. The normalized spacial score (nSPS) is 15.1. The van der Waals surface area contributed by atoms with Gasteiger partial charge in [0, 0.05) is 42.7 Å². The second kappa shape index (κ2) is 9.26. The minimum Gasteiger partial charge on any atom is -0.459 e. The van der Waals surface area contributed by atoms with Gasteiger partial charge in [-0.2, -0.15) is 0 Å². The Morgan fingerprint density at radius 3 is 2.39 bits per heavy atom. The van der Waals surface area contributed by atoms with E-state index in [1.165, 1.54) is 0 Å². The van der Waals surface area contributed by atoms with Gasteiger partial charge >= 0.3 is 0 Å². The maximum atomic E-state index is 12.2. The number of carbonyl (C=O) groups is 2. The first-order valence-corrected chi connectivity index (χ1v) is 9.92. The lowest BCUT2D eigenvalue weighted by Gasteiger charge is -2.35. The summed E-state index contributed by atoms with van der Waals surface area (Å²) in [6.45, 7) is 7.28. The number of amides is 2. The van der Waals surface area contributed by atoms with Crippen LogP contribution >= 0.6 is 11.6 Å². The molecular weight excluding hydrogens is 378 g/mol. The zero-order valence-electron chi connectivity index (χ0n) is 16.3. The molecule has 0 spiro atoms. The number of piperazine rings is 1. The van der Waals surface area contributed by atoms with E-state index in [-0.39, 0.29) is 17.7 Å². The minimum atomic E-state index is -0.0481. The van der Waals surface area contributed by atoms with Crippen molar-refractivity contribution < 1.29 is 14.0 Å². The topological polar surface area (TPSA) is 65.8 Å². The van der Waals surface area contributed by atoms with Gasteiger partial charge in [0.1, 0.15) is 11.5 Å². The number of halogens is 1. The maximum absolute atomic E-state index is 12.2. The molecule has 1 aromatic carbocycles. The monoisotopic (exact) mass is 403 g/mol. The van der Waals surface area contributed by atoms with Crippen LogP contribution in [0, 0.1) is 5.92 Å². The van der Waals surface area contributed by atoms with Gasteiger partial charge in [0.15, 0.2) is 0 Å². The fraction of sp³-hybridized carbons (Fsp3) is 0.429. The molecule has 2 heterocycles. The molecule has 1 aromatic heterocycles. The summed E-state index contributed by atoms with van der Waals surface area (Å²) >= 11 is 5.90. The van der Waals surface area contributed by atoms with Crippen LogP contribution in [-0.2, 0) is 16.1 Å². The molecule has 2 amide bonds. The molecule has 0 unspecified atom stereocenters. The highest BCUT2D eigenvalue weighted by molar-refractivity contribution is 6.30. The highest BCUT2D eigenvalue weighted by Gasteiger charge is 2.23. The average Bonchev–Trinajstić information content (AvgIpc) is 3.16. The van der Waals surface area contributed by atoms with E-state index in [0.29, 0.717) is 50.1 Å². The Balaban J connectivity index is 1.43. The summed E-state index contributed by atoms with van der Waals surface area (Å²) in [7, 11) is 0. The Morgan fingerprint density at radius 1 is 1.07 bits per heavy atom. The van der Waals surface area contributed by atoms with E-state index in [2.05, 4.69) is 10.2 Å². The van der Waals surface area contributed by atoms with Crippen molar-refractivity contribution in [3.8, 4) is 11.3 Å². The van der Waals surface area contributed by atoms with Gasteiger partial charge in [-0.3, -0.25) is 14.5 Å². The van der Waals surface area contributed by atoms with Crippen LogP contribution in [0.4, 0.5) is 0 Å². The lowest BCUT2D eigenvalue weighted by Crippen LogP contribution is -2.51. The molecule has 0 atom stereocenters. The lowest BCUT2D eigenvalue weighted by atomic mass is 10.1. The molecule has 1 N–H and O–H groups in total. The smallest absolute Gasteiger partial charge is 0.234 e. The molecule has 1 aliphatic rings. The van der Waals surface area contributed by atoms with Crippen molar-refractivity contribution in [1.82, 2.24) is 15.1 Å². The molecule has 3 rings (SSSR count). The van der Waals surface area contributed by atoms with Crippen LogP contribution < -0.4 is 5.32 Å². The van der Waals surface area contributed by atoms with Gasteiger partial charge in [-0.15, -0.1) is 0 Å². The average molecular weight is 404 g/mol. The van der Waals surface area contributed by atoms with Crippen molar-refractivity contribution in [3.05, 3.63) is 47.2 Å². The van der Waals surface area contributed by atoms with Crippen LogP contribution in [0.1, 0.15) is 19.6 Å². The molecule has 7 heteroatoms. The van der Waals surface area contributed by atoms with Gasteiger partial charge in [-0.05, 0) is 36.4 Å². The van der Waals surface area contributed by atoms with E-state index in [0.717, 1.165) is 11.3 Å². The number of nitrogens with zero attached hydrogens (tertiary/aromatic N) is 2. The van der Waals surface area contributed by atoms with E-state index in [9.17, 15) is 9.59 Å². The van der Waals surface area contributed by atoms with E-state index in [4.69, 9.17) is 16.0 Å². The van der Waals surface area contributed by atoms with Crippen LogP contribution in [0.25, 0.3) is 11.3 Å². The van der Waals surface area contributed by atoms with Crippen molar-refractivity contribution >= 4 is 23.4 Å². The molecule has 1 fully saturated rings. The Bertz CT molecular complexity index is 809. The Hall–Kier alpha value is -2.31. The number of furan rings is 1. The molecule has 1 saturated heterocycles. The molecular formula is C21H26ClN3O3. The number of rotatable bonds is 6. The Labute approximate surface area is 170 Å². The highest BCUT2D eigenvalue weighted by atomic mass is 35.5. The SMILES string of the molecule is CC(C)C(=O)N1CCN(CC(=O)NCc2ccc(-c3ccc(Cl)cc3)o2)CC1. The summed E-state index contributed by atoms with van der Waals surface area (Å²) in [6.07, 6.45) is 0. The van der Waals surface area contributed by atoms with E-state index in [1.54, 1.807) is 0 Å². The molecule has 0 aliphatic carbocycles. The summed E-state index contributed by atoms with van der Waals surface area (Å²) in [5, 5.41) is 3.57. The number of hydrogen-bond acceptors (Lipinski definition) is 4. The lowest BCUT2D eigenvalue weighted by molar-refractivity contribution is -0.136. The number of nitrogens with one attached hydrogen (secondary N) is 1. The zero-order valence-corrected chi connectivity index (χ0v) is 17.0. The van der Waals surface area contributed by atoms with Crippen molar-refractivity contribution in [2.24, 2.45) is 5.92 Å². The quantitative estimate of drug-likeness (QED) is 0.805. The van der Waals surface area contributed by atoms with Crippen molar-refractivity contribution in [3.63, 3.8) is 0 Å². The van der Waals surface area contributed by atoms with Gasteiger partial charge in [0.2, 0.25) is 11.8 Å². The molecule has 6 nitrogen and oxygen atoms in total. The van der Waals surface area contributed by atoms with Gasteiger partial charge in [-0.25, -0.2) is 0 Å². The predicted octanol–water partition coefficient (Wildman–Crippen LogP) is 3.02. The largest absolute Gasteiger partial charge is 0.459 e. The van der Waals surface area contributed by atoms with Crippen molar-refractivity contribution in [2.75, 3.05) is 32.7 Å². The second-order valence-corrected chi connectivity index (χ2v) is 7.74. The summed E-state index contributed by atoms with van der Waals surface area (Å²) in [6, 6.07) is 11.2. The highest BCUT2D eigenvalue weighted by Crippen LogP contribution is 2.23. The Morgan fingerprint density at radius 2 is 1.75 bits per heavy atom. The summed E-state index contributed by atoms with van der Waals surface area (Å²) < 4.78 is 5.80. The molecule has 2 aromatic rings. The van der Waals surface area contributed by atoms with Crippen molar-refractivity contribution in [1.29, 1.82) is 0 Å². The van der Waals surface area contributed by atoms with Crippen LogP contribution in [0.3, 0.4) is 0 Å². The van der Waals surface area contributed by atoms with E-state index < -0.39 is 0 Å². The first-order chi connectivity index (χ1) is 13.4. The first-order valence-electron chi connectivity index (χ1n) is 9.55. The predicted molar refractivity (Wildman–Crippen MR) is 109 cm³/mol. The molecule has 0 bridgehead atoms. The van der Waals surface area contributed by atoms with E-state index in [1.807, 2.05) is 55.1 Å². The fourth-order valence-corrected chi connectivity index (χ4v) is 3.30. The molecule has 28 heavy (non-hydrogen) atoms. The Kier molecular flexibility index (Phi) is 6.75. The zero-order chi connectivity index (χ0) is 20.1. The van der Waals surface area contributed by atoms with E-state index >= 15 is 0 Å². The molecule has 150 valence electrons. The second-order valence-electron chi connectivity index (χ2n) is 7.31. The molecule has 1 aliphatic heterocycles. The van der Waals surface area contributed by atoms with Crippen LogP contribution in [0.15, 0.2) is 40.8 Å². The van der Waals surface area contributed by atoms with Crippen LogP contribution in [0.5, 0.6) is 0 Å². The third kappa shape index (κ3) is 5.36. The molecule has 0 saturated carbocycles. The summed E-state index contributed by atoms with van der Waals surface area (Å²) in [5.74, 6) is 1.59. The van der Waals surface area contributed by atoms with Crippen LogP contribution in [-0.4, -0.2) is 54.3 Å². The van der Waals surface area contributed by atoms with Gasteiger partial charge in [0.25, 0.3) is 0 Å². The van der Waals surface area contributed by atoms with Crippen molar-refractivity contribution in [2.45, 2.75) is 20.4 Å². The number of benzene rings is 1. The minimum absolute atomic E-state index is 0.0147. The summed E-state index contributed by atoms with van der Waals surface area (Å²) in [4.78, 5) is 28.2. The summed E-state index contributed by atoms with van der Waals surface area (Å²) in [5.41, 5.74) is 0.941. The molecule has 0 radical (unpaired) electrons.